The number of nitrogens with zero attached hydrogens (tertiary/aromatic N) is 3. The van der Waals surface area contributed by atoms with E-state index in [9.17, 15) is 0 Å². The van der Waals surface area contributed by atoms with Gasteiger partial charge in [-0.05, 0) is 74.8 Å². The first-order valence-electron chi connectivity index (χ1n) is 11.4. The fourth-order valence-corrected chi connectivity index (χ4v) is 5.11. The fourth-order valence-electron chi connectivity index (χ4n) is 5.11. The Hall–Kier alpha value is -4.63. The Morgan fingerprint density at radius 1 is 0.382 bits per heavy atom. The third-order valence-corrected chi connectivity index (χ3v) is 6.60. The van der Waals surface area contributed by atoms with Crippen LogP contribution in [0.15, 0.2) is 116 Å². The molecule has 0 radical (unpaired) electrons. The van der Waals surface area contributed by atoms with Gasteiger partial charge in [-0.15, -0.1) is 0 Å². The highest BCUT2D eigenvalue weighted by Gasteiger charge is 2.19. The van der Waals surface area contributed by atoms with Crippen LogP contribution >= 0.6 is 0 Å². The van der Waals surface area contributed by atoms with E-state index in [-0.39, 0.29) is 0 Å². The van der Waals surface area contributed by atoms with Gasteiger partial charge in [0.05, 0.1) is 17.1 Å². The zero-order valence-electron chi connectivity index (χ0n) is 18.3. The summed E-state index contributed by atoms with van der Waals surface area (Å²) in [5, 5.41) is 7.33. The Kier molecular flexibility index (Phi) is 4.15. The molecule has 3 nitrogen and oxygen atoms in total. The van der Waals surface area contributed by atoms with Crippen molar-refractivity contribution in [2.75, 3.05) is 0 Å². The van der Waals surface area contributed by atoms with Gasteiger partial charge in [0.25, 0.3) is 0 Å². The first-order valence-corrected chi connectivity index (χ1v) is 11.4. The molecule has 0 unspecified atom stereocenters. The highest BCUT2D eigenvalue weighted by atomic mass is 14.7. The molecule has 0 fully saturated rings. The summed E-state index contributed by atoms with van der Waals surface area (Å²) in [6.07, 6.45) is 5.56. The standard InChI is InChI=1S/C31H19N3/c1-4-16-32-27(7-1)21-12-10-20-11-13-23-25(28-8-2-5-17-33-28)19-26(29-9-3-6-18-34-29)24-15-14-22(21)30(20)31(23)24/h1-19H. The molecule has 0 saturated carbocycles. The maximum atomic E-state index is 4.70. The molecule has 34 heavy (non-hydrogen) atoms. The van der Waals surface area contributed by atoms with Gasteiger partial charge in [-0.25, -0.2) is 0 Å². The average Bonchev–Trinajstić information content (AvgIpc) is 2.92. The van der Waals surface area contributed by atoms with Crippen LogP contribution < -0.4 is 0 Å². The summed E-state index contributed by atoms with van der Waals surface area (Å²) in [6.45, 7) is 0. The van der Waals surface area contributed by atoms with Crippen LogP contribution in [-0.4, -0.2) is 15.0 Å². The number of benzene rings is 4. The van der Waals surface area contributed by atoms with Gasteiger partial charge in [0, 0.05) is 35.3 Å². The quantitative estimate of drug-likeness (QED) is 0.267. The molecular formula is C31H19N3. The summed E-state index contributed by atoms with van der Waals surface area (Å²) in [6, 6.07) is 33.8. The van der Waals surface area contributed by atoms with Gasteiger partial charge in [-0.1, -0.05) is 54.6 Å². The molecule has 7 aromatic rings. The minimum absolute atomic E-state index is 0.961. The van der Waals surface area contributed by atoms with Gasteiger partial charge >= 0.3 is 0 Å². The van der Waals surface area contributed by atoms with Crippen molar-refractivity contribution in [3.63, 3.8) is 0 Å². The predicted molar refractivity (Wildman–Crippen MR) is 140 cm³/mol. The SMILES string of the molecule is c1ccc(-c2ccc3ccc4c(-c5ccccn5)cc(-c5ccccn5)c5ccc2c3c45)nc1. The lowest BCUT2D eigenvalue weighted by Crippen LogP contribution is -1.94. The van der Waals surface area contributed by atoms with Crippen molar-refractivity contribution in [3.8, 4) is 33.8 Å². The van der Waals surface area contributed by atoms with E-state index in [1.54, 1.807) is 0 Å². The molecule has 0 atom stereocenters. The predicted octanol–water partition coefficient (Wildman–Crippen LogP) is 7.77. The van der Waals surface area contributed by atoms with Crippen LogP contribution in [0.25, 0.3) is 66.1 Å². The number of aromatic nitrogens is 3. The first-order chi connectivity index (χ1) is 16.9. The lowest BCUT2D eigenvalue weighted by molar-refractivity contribution is 1.32. The van der Waals surface area contributed by atoms with Gasteiger partial charge < -0.3 is 0 Å². The minimum atomic E-state index is 0.961. The van der Waals surface area contributed by atoms with Crippen LogP contribution in [-0.2, 0) is 0 Å². The second-order valence-corrected chi connectivity index (χ2v) is 8.48. The normalized spacial score (nSPS) is 11.5. The molecule has 3 heteroatoms. The average molecular weight is 434 g/mol. The maximum Gasteiger partial charge on any atom is 0.0708 e. The summed E-state index contributed by atoms with van der Waals surface area (Å²) >= 11 is 0. The zero-order chi connectivity index (χ0) is 22.5. The van der Waals surface area contributed by atoms with Crippen LogP contribution in [0.4, 0.5) is 0 Å². The van der Waals surface area contributed by atoms with Crippen LogP contribution in [0, 0.1) is 0 Å². The van der Waals surface area contributed by atoms with E-state index in [0.29, 0.717) is 0 Å². The Labute approximate surface area is 196 Å². The summed E-state index contributed by atoms with van der Waals surface area (Å²) in [4.78, 5) is 14.0. The van der Waals surface area contributed by atoms with Crippen molar-refractivity contribution in [2.24, 2.45) is 0 Å². The van der Waals surface area contributed by atoms with E-state index in [4.69, 9.17) is 9.97 Å². The molecule has 0 spiro atoms. The molecule has 0 aliphatic heterocycles. The molecule has 0 aliphatic rings. The van der Waals surface area contributed by atoms with Gasteiger partial charge in [-0.2, -0.15) is 0 Å². The van der Waals surface area contributed by atoms with Crippen molar-refractivity contribution in [3.05, 3.63) is 116 Å². The summed E-state index contributed by atoms with van der Waals surface area (Å²) in [5.41, 5.74) is 6.28. The van der Waals surface area contributed by atoms with E-state index in [2.05, 4.69) is 65.6 Å². The fraction of sp³-hybridized carbons (Fsp3) is 0. The lowest BCUT2D eigenvalue weighted by Gasteiger charge is -2.18. The van der Waals surface area contributed by atoms with Crippen LogP contribution in [0.3, 0.4) is 0 Å². The van der Waals surface area contributed by atoms with Crippen LogP contribution in [0.2, 0.25) is 0 Å². The molecule has 0 amide bonds. The highest BCUT2D eigenvalue weighted by Crippen LogP contribution is 2.44. The van der Waals surface area contributed by atoms with Crippen molar-refractivity contribution < 1.29 is 0 Å². The third kappa shape index (κ3) is 2.81. The summed E-state index contributed by atoms with van der Waals surface area (Å²) in [7, 11) is 0. The molecule has 158 valence electrons. The molecular weight excluding hydrogens is 414 g/mol. The third-order valence-electron chi connectivity index (χ3n) is 6.60. The van der Waals surface area contributed by atoms with E-state index in [1.807, 2.05) is 55.0 Å². The number of pyridine rings is 3. The molecule has 0 bridgehead atoms. The van der Waals surface area contributed by atoms with Gasteiger partial charge in [0.2, 0.25) is 0 Å². The molecule has 4 aromatic carbocycles. The molecule has 7 rings (SSSR count). The molecule has 0 saturated heterocycles. The summed E-state index contributed by atoms with van der Waals surface area (Å²) < 4.78 is 0. The van der Waals surface area contributed by atoms with E-state index in [0.717, 1.165) is 33.8 Å². The van der Waals surface area contributed by atoms with E-state index in [1.165, 1.54) is 32.3 Å². The topological polar surface area (TPSA) is 38.7 Å². The zero-order valence-corrected chi connectivity index (χ0v) is 18.3. The van der Waals surface area contributed by atoms with Crippen molar-refractivity contribution in [1.29, 1.82) is 0 Å². The smallest absolute Gasteiger partial charge is 0.0708 e. The number of hydrogen-bond acceptors (Lipinski definition) is 3. The van der Waals surface area contributed by atoms with Gasteiger partial charge in [-0.3, -0.25) is 15.0 Å². The molecule has 3 heterocycles. The minimum Gasteiger partial charge on any atom is -0.256 e. The van der Waals surface area contributed by atoms with E-state index < -0.39 is 0 Å². The number of rotatable bonds is 3. The Bertz CT molecular complexity index is 1720. The lowest BCUT2D eigenvalue weighted by atomic mass is 9.86. The van der Waals surface area contributed by atoms with Crippen molar-refractivity contribution in [1.82, 2.24) is 15.0 Å². The molecule has 0 N–H and O–H groups in total. The Morgan fingerprint density at radius 3 is 1.38 bits per heavy atom. The van der Waals surface area contributed by atoms with Crippen molar-refractivity contribution >= 4 is 32.3 Å². The molecule has 0 aliphatic carbocycles. The first kappa shape index (κ1) is 18.9. The Morgan fingerprint density at radius 2 is 0.853 bits per heavy atom. The second kappa shape index (κ2) is 7.46. The van der Waals surface area contributed by atoms with Crippen LogP contribution in [0.5, 0.6) is 0 Å². The summed E-state index contributed by atoms with van der Waals surface area (Å²) in [5.74, 6) is 0. The maximum absolute atomic E-state index is 4.70. The highest BCUT2D eigenvalue weighted by molar-refractivity contribution is 6.29. The monoisotopic (exact) mass is 433 g/mol. The second-order valence-electron chi connectivity index (χ2n) is 8.48. The van der Waals surface area contributed by atoms with Crippen LogP contribution in [0.1, 0.15) is 0 Å². The van der Waals surface area contributed by atoms with Gasteiger partial charge in [0.15, 0.2) is 0 Å². The van der Waals surface area contributed by atoms with E-state index >= 15 is 0 Å². The molecule has 3 aromatic heterocycles. The Balaban J connectivity index is 1.67. The largest absolute Gasteiger partial charge is 0.256 e. The van der Waals surface area contributed by atoms with Gasteiger partial charge in [0.1, 0.15) is 0 Å². The number of hydrogen-bond donors (Lipinski definition) is 0. The van der Waals surface area contributed by atoms with Crippen molar-refractivity contribution in [2.45, 2.75) is 0 Å².